The first-order chi connectivity index (χ1) is 16.4. The van der Waals surface area contributed by atoms with Crippen LogP contribution in [0.4, 0.5) is 0 Å². The van der Waals surface area contributed by atoms with Crippen LogP contribution >= 0.6 is 0 Å². The van der Waals surface area contributed by atoms with Crippen molar-refractivity contribution in [3.63, 3.8) is 0 Å². The first-order valence-electron chi connectivity index (χ1n) is 11.0. The lowest BCUT2D eigenvalue weighted by molar-refractivity contribution is 0.0781. The molecule has 34 heavy (non-hydrogen) atoms. The van der Waals surface area contributed by atoms with E-state index in [9.17, 15) is 9.59 Å². The van der Waals surface area contributed by atoms with Crippen molar-refractivity contribution in [2.45, 2.75) is 20.4 Å². The van der Waals surface area contributed by atoms with E-state index in [1.54, 1.807) is 53.8 Å². The van der Waals surface area contributed by atoms with Crippen LogP contribution in [0.15, 0.2) is 77.6 Å². The Bertz CT molecular complexity index is 1610. The summed E-state index contributed by atoms with van der Waals surface area (Å²) >= 11 is 0. The zero-order chi connectivity index (χ0) is 23.8. The maximum atomic E-state index is 13.0. The van der Waals surface area contributed by atoms with Gasteiger partial charge in [0, 0.05) is 23.7 Å². The number of carbonyl (C=O) groups is 1. The first-order valence-corrected chi connectivity index (χ1v) is 11.0. The number of rotatable bonds is 4. The molecule has 0 spiro atoms. The van der Waals surface area contributed by atoms with Gasteiger partial charge in [0.05, 0.1) is 28.7 Å². The second-order valence-electron chi connectivity index (χ2n) is 8.27. The van der Waals surface area contributed by atoms with E-state index in [0.29, 0.717) is 40.3 Å². The summed E-state index contributed by atoms with van der Waals surface area (Å²) < 4.78 is 1.56. The summed E-state index contributed by atoms with van der Waals surface area (Å²) in [5, 5.41) is 1.56. The van der Waals surface area contributed by atoms with Gasteiger partial charge in [-0.15, -0.1) is 0 Å². The van der Waals surface area contributed by atoms with Crippen LogP contribution in [0.3, 0.4) is 0 Å². The summed E-state index contributed by atoms with van der Waals surface area (Å²) in [5.41, 5.74) is 3.45. The van der Waals surface area contributed by atoms with E-state index in [1.807, 2.05) is 49.4 Å². The van der Waals surface area contributed by atoms with Crippen molar-refractivity contribution in [2.75, 3.05) is 7.05 Å². The lowest BCUT2D eigenvalue weighted by Crippen LogP contribution is -2.27. The van der Waals surface area contributed by atoms with E-state index in [1.165, 1.54) is 0 Å². The first kappa shape index (κ1) is 21.5. The molecule has 168 valence electrons. The zero-order valence-electron chi connectivity index (χ0n) is 19.2. The fourth-order valence-corrected chi connectivity index (χ4v) is 4.17. The standard InChI is InChI=1S/C27H23N5O2/c1-17-21-8-4-6-10-23(21)30-25(28-17)16-31(3)26(33)19-12-14-20(15-13-19)32-18(2)29-24-11-7-5-9-22(24)27(32)34/h4-15H,16H2,1-3H3. The molecule has 0 radical (unpaired) electrons. The average Bonchev–Trinajstić information content (AvgIpc) is 2.84. The third-order valence-electron chi connectivity index (χ3n) is 5.88. The highest BCUT2D eigenvalue weighted by Gasteiger charge is 2.16. The smallest absolute Gasteiger partial charge is 0.265 e. The van der Waals surface area contributed by atoms with Gasteiger partial charge in [-0.25, -0.2) is 15.0 Å². The molecule has 0 atom stereocenters. The molecule has 0 aliphatic rings. The van der Waals surface area contributed by atoms with Gasteiger partial charge in [0.2, 0.25) is 0 Å². The SMILES string of the molecule is Cc1nc(CN(C)C(=O)c2ccc(-n3c(C)nc4ccccc4c3=O)cc2)nc2ccccc12. The Balaban J connectivity index is 1.40. The van der Waals surface area contributed by atoms with Gasteiger partial charge in [0.15, 0.2) is 0 Å². The minimum absolute atomic E-state index is 0.136. The van der Waals surface area contributed by atoms with Crippen LogP contribution in [0.5, 0.6) is 0 Å². The zero-order valence-corrected chi connectivity index (χ0v) is 19.2. The molecule has 7 heteroatoms. The molecule has 3 aromatic carbocycles. The molecule has 0 saturated carbocycles. The Kier molecular flexibility index (Phi) is 5.37. The van der Waals surface area contributed by atoms with Crippen LogP contribution in [-0.2, 0) is 6.54 Å². The van der Waals surface area contributed by atoms with Gasteiger partial charge >= 0.3 is 0 Å². The molecule has 5 aromatic rings. The Hall–Kier alpha value is -4.39. The molecule has 0 aliphatic carbocycles. The van der Waals surface area contributed by atoms with E-state index < -0.39 is 0 Å². The molecule has 1 amide bonds. The van der Waals surface area contributed by atoms with Crippen LogP contribution in [0.2, 0.25) is 0 Å². The third kappa shape index (κ3) is 3.81. The van der Waals surface area contributed by atoms with E-state index in [2.05, 4.69) is 15.0 Å². The Morgan fingerprint density at radius 2 is 1.44 bits per heavy atom. The van der Waals surface area contributed by atoms with Crippen molar-refractivity contribution < 1.29 is 4.79 Å². The van der Waals surface area contributed by atoms with Crippen molar-refractivity contribution in [1.82, 2.24) is 24.4 Å². The third-order valence-corrected chi connectivity index (χ3v) is 5.88. The summed E-state index contributed by atoms with van der Waals surface area (Å²) in [6, 6.07) is 22.1. The number of carbonyl (C=O) groups excluding carboxylic acids is 1. The summed E-state index contributed by atoms with van der Waals surface area (Å²) in [7, 11) is 1.73. The van der Waals surface area contributed by atoms with E-state index in [-0.39, 0.29) is 11.5 Å². The number of fused-ring (bicyclic) bond motifs is 2. The van der Waals surface area contributed by atoms with Gasteiger partial charge < -0.3 is 4.90 Å². The van der Waals surface area contributed by atoms with Gasteiger partial charge in [-0.3, -0.25) is 14.2 Å². The maximum absolute atomic E-state index is 13.0. The fraction of sp³-hybridized carbons (Fsp3) is 0.148. The molecule has 0 unspecified atom stereocenters. The average molecular weight is 450 g/mol. The molecular weight excluding hydrogens is 426 g/mol. The largest absolute Gasteiger partial charge is 0.334 e. The molecule has 7 nitrogen and oxygen atoms in total. The number of aromatic nitrogens is 4. The van der Waals surface area contributed by atoms with Crippen molar-refractivity contribution in [1.29, 1.82) is 0 Å². The molecule has 0 saturated heterocycles. The van der Waals surface area contributed by atoms with Gasteiger partial charge in [-0.05, 0) is 56.3 Å². The number of aryl methyl sites for hydroxylation is 2. The van der Waals surface area contributed by atoms with E-state index in [0.717, 1.165) is 16.6 Å². The van der Waals surface area contributed by atoms with Crippen LogP contribution in [0.1, 0.15) is 27.7 Å². The van der Waals surface area contributed by atoms with Crippen molar-refractivity contribution in [3.8, 4) is 5.69 Å². The molecular formula is C27H23N5O2. The van der Waals surface area contributed by atoms with Gasteiger partial charge in [-0.2, -0.15) is 0 Å². The highest BCUT2D eigenvalue weighted by Crippen LogP contribution is 2.17. The highest BCUT2D eigenvalue weighted by molar-refractivity contribution is 5.94. The molecule has 0 N–H and O–H groups in total. The normalized spacial score (nSPS) is 11.1. The lowest BCUT2D eigenvalue weighted by Gasteiger charge is -2.17. The van der Waals surface area contributed by atoms with Crippen LogP contribution in [-0.4, -0.2) is 37.4 Å². The Labute approximate surface area is 196 Å². The minimum Gasteiger partial charge on any atom is -0.334 e. The topological polar surface area (TPSA) is 81.0 Å². The molecule has 0 bridgehead atoms. The fourth-order valence-electron chi connectivity index (χ4n) is 4.17. The number of benzene rings is 3. The van der Waals surface area contributed by atoms with E-state index >= 15 is 0 Å². The van der Waals surface area contributed by atoms with Gasteiger partial charge in [-0.1, -0.05) is 30.3 Å². The number of hydrogen-bond donors (Lipinski definition) is 0. The highest BCUT2D eigenvalue weighted by atomic mass is 16.2. The summed E-state index contributed by atoms with van der Waals surface area (Å²) in [5.74, 6) is 1.03. The van der Waals surface area contributed by atoms with Gasteiger partial charge in [0.1, 0.15) is 11.6 Å². The van der Waals surface area contributed by atoms with Crippen molar-refractivity contribution in [2.24, 2.45) is 0 Å². The minimum atomic E-state index is -0.151. The van der Waals surface area contributed by atoms with Crippen molar-refractivity contribution in [3.05, 3.63) is 106 Å². The molecule has 2 heterocycles. The number of amides is 1. The molecule has 5 rings (SSSR count). The quantitative estimate of drug-likeness (QED) is 0.410. The summed E-state index contributed by atoms with van der Waals surface area (Å²) in [6.07, 6.45) is 0. The summed E-state index contributed by atoms with van der Waals surface area (Å²) in [4.78, 5) is 41.4. The lowest BCUT2D eigenvalue weighted by atomic mass is 10.1. The molecule has 2 aromatic heterocycles. The van der Waals surface area contributed by atoms with Crippen molar-refractivity contribution >= 4 is 27.7 Å². The predicted molar refractivity (Wildman–Crippen MR) is 132 cm³/mol. The maximum Gasteiger partial charge on any atom is 0.265 e. The summed E-state index contributed by atoms with van der Waals surface area (Å²) in [6.45, 7) is 4.03. The second-order valence-corrected chi connectivity index (χ2v) is 8.27. The predicted octanol–water partition coefficient (Wildman–Crippen LogP) is 4.22. The van der Waals surface area contributed by atoms with Crippen LogP contribution in [0.25, 0.3) is 27.5 Å². The van der Waals surface area contributed by atoms with Gasteiger partial charge in [0.25, 0.3) is 11.5 Å². The molecule has 0 aliphatic heterocycles. The number of hydrogen-bond acceptors (Lipinski definition) is 5. The number of para-hydroxylation sites is 2. The Morgan fingerprint density at radius 1 is 0.824 bits per heavy atom. The van der Waals surface area contributed by atoms with E-state index in [4.69, 9.17) is 0 Å². The Morgan fingerprint density at radius 3 is 2.15 bits per heavy atom. The second kappa shape index (κ2) is 8.51. The molecule has 0 fully saturated rings. The monoisotopic (exact) mass is 449 g/mol. The number of nitrogens with zero attached hydrogens (tertiary/aromatic N) is 5. The van der Waals surface area contributed by atoms with Crippen LogP contribution in [0, 0.1) is 13.8 Å². The van der Waals surface area contributed by atoms with Crippen LogP contribution < -0.4 is 5.56 Å².